The topological polar surface area (TPSA) is 55.8 Å². The number of aryl methyl sites for hydroxylation is 1. The van der Waals surface area contributed by atoms with Gasteiger partial charge < -0.3 is 14.6 Å². The molecule has 0 aliphatic carbocycles. The minimum atomic E-state index is -0.370. The Morgan fingerprint density at radius 1 is 1.09 bits per heavy atom. The van der Waals surface area contributed by atoms with E-state index in [1.165, 1.54) is 0 Å². The number of ether oxygens (including phenoxy) is 2. The molecule has 0 aliphatic heterocycles. The van der Waals surface area contributed by atoms with Crippen molar-refractivity contribution in [3.8, 4) is 17.2 Å². The van der Waals surface area contributed by atoms with E-state index in [1.807, 2.05) is 6.07 Å². The minimum absolute atomic E-state index is 0.273. The lowest BCUT2D eigenvalue weighted by Crippen LogP contribution is -2.04. The highest BCUT2D eigenvalue weighted by molar-refractivity contribution is 5.89. The van der Waals surface area contributed by atoms with Crippen LogP contribution in [0.15, 0.2) is 42.5 Å². The molecule has 0 saturated heterocycles. The van der Waals surface area contributed by atoms with Crippen LogP contribution >= 0.6 is 0 Å². The first-order chi connectivity index (χ1) is 10.6. The van der Waals surface area contributed by atoms with Gasteiger partial charge in [-0.1, -0.05) is 19.4 Å². The largest absolute Gasteiger partial charge is 0.508 e. The summed E-state index contributed by atoms with van der Waals surface area (Å²) in [5, 5.41) is 9.79. The van der Waals surface area contributed by atoms with Gasteiger partial charge in [-0.25, -0.2) is 4.79 Å². The van der Waals surface area contributed by atoms with E-state index in [-0.39, 0.29) is 11.7 Å². The molecule has 2 aromatic rings. The Bertz CT molecular complexity index is 649. The van der Waals surface area contributed by atoms with Crippen molar-refractivity contribution in [1.82, 2.24) is 0 Å². The SMILES string of the molecule is CCCc1cc(Oc2cccc(C(=O)OCC)c2)ccc1O. The van der Waals surface area contributed by atoms with Gasteiger partial charge in [0.15, 0.2) is 0 Å². The Kier molecular flexibility index (Phi) is 5.42. The van der Waals surface area contributed by atoms with Gasteiger partial charge >= 0.3 is 5.97 Å². The molecule has 0 aromatic heterocycles. The minimum Gasteiger partial charge on any atom is -0.508 e. The second-order valence-electron chi connectivity index (χ2n) is 4.89. The monoisotopic (exact) mass is 300 g/mol. The van der Waals surface area contributed by atoms with E-state index < -0.39 is 0 Å². The van der Waals surface area contributed by atoms with Crippen molar-refractivity contribution in [1.29, 1.82) is 0 Å². The van der Waals surface area contributed by atoms with Crippen LogP contribution in [-0.2, 0) is 11.2 Å². The number of rotatable bonds is 6. The van der Waals surface area contributed by atoms with Gasteiger partial charge in [0.25, 0.3) is 0 Å². The predicted octanol–water partition coefficient (Wildman–Crippen LogP) is 4.31. The fraction of sp³-hybridized carbons (Fsp3) is 0.278. The average molecular weight is 300 g/mol. The average Bonchev–Trinajstić information content (AvgIpc) is 2.51. The molecule has 0 saturated carbocycles. The maximum absolute atomic E-state index is 11.7. The Balaban J connectivity index is 2.18. The fourth-order valence-corrected chi connectivity index (χ4v) is 2.13. The summed E-state index contributed by atoms with van der Waals surface area (Å²) in [5.41, 5.74) is 1.30. The van der Waals surface area contributed by atoms with Crippen LogP contribution in [0, 0.1) is 0 Å². The van der Waals surface area contributed by atoms with Crippen molar-refractivity contribution < 1.29 is 19.4 Å². The summed E-state index contributed by atoms with van der Waals surface area (Å²) in [6.45, 7) is 4.15. The third-order valence-corrected chi connectivity index (χ3v) is 3.15. The van der Waals surface area contributed by atoms with Crippen LogP contribution in [0.1, 0.15) is 36.2 Å². The molecule has 0 radical (unpaired) electrons. The van der Waals surface area contributed by atoms with Crippen molar-refractivity contribution in [2.24, 2.45) is 0 Å². The smallest absolute Gasteiger partial charge is 0.338 e. The predicted molar refractivity (Wildman–Crippen MR) is 84.6 cm³/mol. The van der Waals surface area contributed by atoms with Gasteiger partial charge in [-0.3, -0.25) is 0 Å². The Morgan fingerprint density at radius 2 is 1.86 bits per heavy atom. The molecule has 1 N–H and O–H groups in total. The third-order valence-electron chi connectivity index (χ3n) is 3.15. The second-order valence-corrected chi connectivity index (χ2v) is 4.89. The van der Waals surface area contributed by atoms with Gasteiger partial charge in [0.05, 0.1) is 12.2 Å². The van der Waals surface area contributed by atoms with Crippen LogP contribution in [-0.4, -0.2) is 17.7 Å². The van der Waals surface area contributed by atoms with Gasteiger partial charge in [-0.2, -0.15) is 0 Å². The lowest BCUT2D eigenvalue weighted by molar-refractivity contribution is 0.0526. The van der Waals surface area contributed by atoms with Crippen LogP contribution in [0.25, 0.3) is 0 Å². The highest BCUT2D eigenvalue weighted by Crippen LogP contribution is 2.28. The van der Waals surface area contributed by atoms with Gasteiger partial charge in [0.1, 0.15) is 17.2 Å². The number of hydrogen-bond acceptors (Lipinski definition) is 4. The van der Waals surface area contributed by atoms with Crippen LogP contribution in [0.2, 0.25) is 0 Å². The molecule has 0 atom stereocenters. The molecule has 4 nitrogen and oxygen atoms in total. The second kappa shape index (κ2) is 7.50. The highest BCUT2D eigenvalue weighted by atomic mass is 16.5. The van der Waals surface area contributed by atoms with Crippen molar-refractivity contribution >= 4 is 5.97 Å². The van der Waals surface area contributed by atoms with Crippen LogP contribution in [0.3, 0.4) is 0 Å². The van der Waals surface area contributed by atoms with Gasteiger partial charge in [-0.15, -0.1) is 0 Å². The molecule has 0 fully saturated rings. The number of phenolic OH excluding ortho intramolecular Hbond substituents is 1. The van der Waals surface area contributed by atoms with Crippen LogP contribution in [0.4, 0.5) is 0 Å². The molecule has 0 bridgehead atoms. The summed E-state index contributed by atoms with van der Waals surface area (Å²) in [6, 6.07) is 12.0. The number of carbonyl (C=O) groups is 1. The molecular weight excluding hydrogens is 280 g/mol. The van der Waals surface area contributed by atoms with Crippen molar-refractivity contribution in [2.75, 3.05) is 6.61 Å². The number of hydrogen-bond donors (Lipinski definition) is 1. The molecular formula is C18H20O4. The van der Waals surface area contributed by atoms with Crippen molar-refractivity contribution in [3.63, 3.8) is 0 Å². The lowest BCUT2D eigenvalue weighted by Gasteiger charge is -2.10. The molecule has 0 unspecified atom stereocenters. The number of esters is 1. The fourth-order valence-electron chi connectivity index (χ4n) is 2.13. The highest BCUT2D eigenvalue weighted by Gasteiger charge is 2.09. The Morgan fingerprint density at radius 3 is 2.59 bits per heavy atom. The van der Waals surface area contributed by atoms with E-state index >= 15 is 0 Å². The molecule has 4 heteroatoms. The summed E-state index contributed by atoms with van der Waals surface area (Å²) >= 11 is 0. The first-order valence-electron chi connectivity index (χ1n) is 7.41. The summed E-state index contributed by atoms with van der Waals surface area (Å²) in [7, 11) is 0. The zero-order chi connectivity index (χ0) is 15.9. The maximum Gasteiger partial charge on any atom is 0.338 e. The van der Waals surface area contributed by atoms with E-state index in [0.29, 0.717) is 23.7 Å². The van der Waals surface area contributed by atoms with Crippen molar-refractivity contribution in [3.05, 3.63) is 53.6 Å². The molecule has 0 heterocycles. The summed E-state index contributed by atoms with van der Waals surface area (Å²) in [4.78, 5) is 11.7. The van der Waals surface area contributed by atoms with E-state index in [4.69, 9.17) is 9.47 Å². The maximum atomic E-state index is 11.7. The van der Waals surface area contributed by atoms with E-state index in [9.17, 15) is 9.90 Å². The number of phenols is 1. The third kappa shape index (κ3) is 4.01. The Labute approximate surface area is 130 Å². The summed E-state index contributed by atoms with van der Waals surface area (Å²) < 4.78 is 10.7. The lowest BCUT2D eigenvalue weighted by atomic mass is 10.1. The van der Waals surface area contributed by atoms with Crippen LogP contribution in [0.5, 0.6) is 17.2 Å². The van der Waals surface area contributed by atoms with E-state index in [0.717, 1.165) is 18.4 Å². The molecule has 0 spiro atoms. The molecule has 0 aliphatic rings. The Hall–Kier alpha value is -2.49. The number of carbonyl (C=O) groups excluding carboxylic acids is 1. The molecule has 0 amide bonds. The van der Waals surface area contributed by atoms with Crippen molar-refractivity contribution in [2.45, 2.75) is 26.7 Å². The van der Waals surface area contributed by atoms with Crippen LogP contribution < -0.4 is 4.74 Å². The van der Waals surface area contributed by atoms with E-state index in [1.54, 1.807) is 43.3 Å². The number of benzene rings is 2. The van der Waals surface area contributed by atoms with E-state index in [2.05, 4.69) is 6.92 Å². The first kappa shape index (κ1) is 15.9. The standard InChI is InChI=1S/C18H20O4/c1-3-6-13-11-16(9-10-17(13)19)22-15-8-5-7-14(12-15)18(20)21-4-2/h5,7-12,19H,3-4,6H2,1-2H3. The van der Waals surface area contributed by atoms with Gasteiger partial charge in [0, 0.05) is 0 Å². The van der Waals surface area contributed by atoms with Gasteiger partial charge in [0.2, 0.25) is 0 Å². The molecule has 2 aromatic carbocycles. The molecule has 2 rings (SSSR count). The molecule has 116 valence electrons. The zero-order valence-corrected chi connectivity index (χ0v) is 12.8. The zero-order valence-electron chi connectivity index (χ0n) is 12.8. The number of aromatic hydroxyl groups is 1. The first-order valence-corrected chi connectivity index (χ1v) is 7.41. The summed E-state index contributed by atoms with van der Waals surface area (Å²) in [6.07, 6.45) is 1.72. The van der Waals surface area contributed by atoms with Gasteiger partial charge in [-0.05, 0) is 55.3 Å². The molecule has 22 heavy (non-hydrogen) atoms. The quantitative estimate of drug-likeness (QED) is 0.807. The summed E-state index contributed by atoms with van der Waals surface area (Å²) in [5.74, 6) is 1.08. The normalized spacial score (nSPS) is 10.3.